The van der Waals surface area contributed by atoms with Crippen molar-refractivity contribution in [2.75, 3.05) is 33.0 Å². The van der Waals surface area contributed by atoms with Gasteiger partial charge >= 0.3 is 0 Å². The minimum absolute atomic E-state index is 0.00411. The zero-order valence-electron chi connectivity index (χ0n) is 19.9. The predicted octanol–water partition coefficient (Wildman–Crippen LogP) is 5.78. The smallest absolute Gasteiger partial charge is 0.257 e. The molecule has 1 saturated heterocycles. The Morgan fingerprint density at radius 3 is 2.70 bits per heavy atom. The van der Waals surface area contributed by atoms with Crippen molar-refractivity contribution in [2.45, 2.75) is 45.6 Å². The average molecular weight is 474 g/mol. The number of rotatable bonds is 11. The number of halogens is 1. The van der Waals surface area contributed by atoms with E-state index in [1.165, 1.54) is 5.56 Å². The Labute approximate surface area is 202 Å². The van der Waals surface area contributed by atoms with Crippen molar-refractivity contribution in [3.8, 4) is 5.75 Å². The van der Waals surface area contributed by atoms with Crippen molar-refractivity contribution < 1.29 is 19.0 Å². The van der Waals surface area contributed by atoms with Crippen molar-refractivity contribution in [1.82, 2.24) is 5.32 Å². The summed E-state index contributed by atoms with van der Waals surface area (Å²) in [7, 11) is 0. The Kier molecular flexibility index (Phi) is 10.0. The van der Waals surface area contributed by atoms with Gasteiger partial charge in [0.05, 0.1) is 12.7 Å². The molecule has 0 aliphatic carbocycles. The van der Waals surface area contributed by atoms with Crippen molar-refractivity contribution in [3.63, 3.8) is 0 Å². The van der Waals surface area contributed by atoms with E-state index < -0.39 is 0 Å². The fourth-order valence-corrected chi connectivity index (χ4v) is 4.45. The van der Waals surface area contributed by atoms with Crippen LogP contribution in [0.5, 0.6) is 5.75 Å². The number of carbonyl (C=O) groups is 1. The van der Waals surface area contributed by atoms with Crippen LogP contribution in [0.15, 0.2) is 48.5 Å². The van der Waals surface area contributed by atoms with E-state index in [1.54, 1.807) is 0 Å². The first kappa shape index (κ1) is 25.5. The highest BCUT2D eigenvalue weighted by atomic mass is 35.5. The SMILES string of the molecule is CCOCCCNC(=O)COc1cccc([C@@H]2OC[C@@H](c3ccc(Cl)cc3)C[C@H]2C(C)C)c1. The van der Waals surface area contributed by atoms with Gasteiger partial charge in [-0.1, -0.05) is 49.7 Å². The molecule has 2 aromatic rings. The molecule has 0 bridgehead atoms. The van der Waals surface area contributed by atoms with E-state index in [0.717, 1.165) is 23.4 Å². The molecule has 3 atom stereocenters. The first-order valence-corrected chi connectivity index (χ1v) is 12.3. The van der Waals surface area contributed by atoms with Gasteiger partial charge in [-0.25, -0.2) is 0 Å². The van der Waals surface area contributed by atoms with Gasteiger partial charge in [-0.3, -0.25) is 4.79 Å². The summed E-state index contributed by atoms with van der Waals surface area (Å²) in [6.07, 6.45) is 1.85. The highest BCUT2D eigenvalue weighted by molar-refractivity contribution is 6.30. The lowest BCUT2D eigenvalue weighted by molar-refractivity contribution is -0.123. The third-order valence-electron chi connectivity index (χ3n) is 6.17. The minimum Gasteiger partial charge on any atom is -0.484 e. The van der Waals surface area contributed by atoms with Gasteiger partial charge in [0.15, 0.2) is 6.61 Å². The Morgan fingerprint density at radius 1 is 1.18 bits per heavy atom. The van der Waals surface area contributed by atoms with E-state index in [-0.39, 0.29) is 18.6 Å². The third kappa shape index (κ3) is 7.73. The topological polar surface area (TPSA) is 56.8 Å². The summed E-state index contributed by atoms with van der Waals surface area (Å²) in [6.45, 7) is 9.06. The molecule has 3 rings (SSSR count). The average Bonchev–Trinajstić information content (AvgIpc) is 2.83. The monoisotopic (exact) mass is 473 g/mol. The maximum Gasteiger partial charge on any atom is 0.257 e. The second-order valence-electron chi connectivity index (χ2n) is 8.91. The Balaban J connectivity index is 1.58. The number of benzene rings is 2. The Morgan fingerprint density at radius 2 is 1.97 bits per heavy atom. The fourth-order valence-electron chi connectivity index (χ4n) is 4.32. The maximum atomic E-state index is 12.1. The molecule has 0 unspecified atom stereocenters. The summed E-state index contributed by atoms with van der Waals surface area (Å²) in [5.74, 6) is 1.76. The van der Waals surface area contributed by atoms with Crippen LogP contribution in [-0.2, 0) is 14.3 Å². The molecule has 1 aliphatic rings. The highest BCUT2D eigenvalue weighted by Crippen LogP contribution is 2.44. The van der Waals surface area contributed by atoms with Gasteiger partial charge < -0.3 is 19.5 Å². The van der Waals surface area contributed by atoms with E-state index in [0.29, 0.717) is 49.9 Å². The summed E-state index contributed by atoms with van der Waals surface area (Å²) >= 11 is 6.06. The normalized spacial score (nSPS) is 20.6. The van der Waals surface area contributed by atoms with Crippen LogP contribution >= 0.6 is 11.6 Å². The van der Waals surface area contributed by atoms with Gasteiger partial charge in [-0.05, 0) is 67.0 Å². The molecular formula is C27H36ClNO4. The maximum absolute atomic E-state index is 12.1. The number of hydrogen-bond donors (Lipinski definition) is 1. The lowest BCUT2D eigenvalue weighted by atomic mass is 9.76. The number of ether oxygens (including phenoxy) is 3. The first-order valence-electron chi connectivity index (χ1n) is 11.9. The van der Waals surface area contributed by atoms with Crippen LogP contribution < -0.4 is 10.1 Å². The molecule has 33 heavy (non-hydrogen) atoms. The van der Waals surface area contributed by atoms with Gasteiger partial charge in [-0.15, -0.1) is 0 Å². The lowest BCUT2D eigenvalue weighted by Gasteiger charge is -2.39. The second-order valence-corrected chi connectivity index (χ2v) is 9.34. The van der Waals surface area contributed by atoms with E-state index in [1.807, 2.05) is 37.3 Å². The molecule has 1 amide bonds. The Hall–Kier alpha value is -2.08. The van der Waals surface area contributed by atoms with E-state index in [4.69, 9.17) is 25.8 Å². The number of amides is 1. The van der Waals surface area contributed by atoms with E-state index in [2.05, 4.69) is 37.4 Å². The van der Waals surface area contributed by atoms with Gasteiger partial charge in [0.25, 0.3) is 5.91 Å². The highest BCUT2D eigenvalue weighted by Gasteiger charge is 2.35. The molecule has 1 fully saturated rings. The summed E-state index contributed by atoms with van der Waals surface area (Å²) in [4.78, 5) is 12.1. The Bertz CT molecular complexity index is 871. The summed E-state index contributed by atoms with van der Waals surface area (Å²) in [5, 5.41) is 3.61. The van der Waals surface area contributed by atoms with E-state index in [9.17, 15) is 4.79 Å². The summed E-state index contributed by atoms with van der Waals surface area (Å²) < 4.78 is 17.5. The fraction of sp³-hybridized carbons (Fsp3) is 0.519. The van der Waals surface area contributed by atoms with Gasteiger partial charge in [0, 0.05) is 30.7 Å². The van der Waals surface area contributed by atoms with Crippen LogP contribution in [0.25, 0.3) is 0 Å². The molecule has 0 saturated carbocycles. The largest absolute Gasteiger partial charge is 0.484 e. The molecule has 180 valence electrons. The molecule has 0 radical (unpaired) electrons. The summed E-state index contributed by atoms with van der Waals surface area (Å²) in [5.41, 5.74) is 2.37. The van der Waals surface area contributed by atoms with Crippen molar-refractivity contribution in [2.24, 2.45) is 11.8 Å². The first-order chi connectivity index (χ1) is 16.0. The van der Waals surface area contributed by atoms with Crippen LogP contribution in [0.4, 0.5) is 0 Å². The molecule has 6 heteroatoms. The molecule has 0 spiro atoms. The zero-order chi connectivity index (χ0) is 23.6. The molecule has 1 N–H and O–H groups in total. The molecule has 2 aromatic carbocycles. The number of hydrogen-bond acceptors (Lipinski definition) is 4. The van der Waals surface area contributed by atoms with Crippen molar-refractivity contribution in [3.05, 3.63) is 64.7 Å². The molecule has 1 aliphatic heterocycles. The number of nitrogens with one attached hydrogen (secondary N) is 1. The van der Waals surface area contributed by atoms with Gasteiger partial charge in [0.2, 0.25) is 0 Å². The van der Waals surface area contributed by atoms with Gasteiger partial charge in [0.1, 0.15) is 5.75 Å². The van der Waals surface area contributed by atoms with Crippen molar-refractivity contribution >= 4 is 17.5 Å². The molecular weight excluding hydrogens is 438 g/mol. The van der Waals surface area contributed by atoms with Crippen molar-refractivity contribution in [1.29, 1.82) is 0 Å². The van der Waals surface area contributed by atoms with Crippen LogP contribution in [0.2, 0.25) is 5.02 Å². The second kappa shape index (κ2) is 13.0. The standard InChI is InChI=1S/C27H36ClNO4/c1-4-31-14-6-13-29-26(30)18-32-24-8-5-7-21(15-24)27-25(19(2)3)16-22(17-33-27)20-9-11-23(28)12-10-20/h5,7-12,15,19,22,25,27H,4,6,13-14,16-18H2,1-3H3,(H,29,30)/t22-,25-,27-/m0/s1. The third-order valence-corrected chi connectivity index (χ3v) is 6.42. The lowest BCUT2D eigenvalue weighted by Crippen LogP contribution is -2.31. The quantitative estimate of drug-likeness (QED) is 0.420. The van der Waals surface area contributed by atoms with Crippen LogP contribution in [0, 0.1) is 11.8 Å². The van der Waals surface area contributed by atoms with Gasteiger partial charge in [-0.2, -0.15) is 0 Å². The summed E-state index contributed by atoms with van der Waals surface area (Å²) in [6, 6.07) is 16.0. The minimum atomic E-state index is -0.128. The molecule has 5 nitrogen and oxygen atoms in total. The molecule has 1 heterocycles. The molecule has 0 aromatic heterocycles. The van der Waals surface area contributed by atoms with E-state index >= 15 is 0 Å². The number of carbonyl (C=O) groups excluding carboxylic acids is 1. The van der Waals surface area contributed by atoms with Crippen LogP contribution in [-0.4, -0.2) is 38.9 Å². The zero-order valence-corrected chi connectivity index (χ0v) is 20.6. The van der Waals surface area contributed by atoms with Crippen LogP contribution in [0.3, 0.4) is 0 Å². The predicted molar refractivity (Wildman–Crippen MR) is 132 cm³/mol. The van der Waals surface area contributed by atoms with Crippen LogP contribution in [0.1, 0.15) is 56.8 Å².